The maximum Gasteiger partial charge on any atom is 0.305 e. The molecule has 0 aromatic heterocycles. The largest absolute Gasteiger partial charge is 0.481 e. The van der Waals surface area contributed by atoms with E-state index in [-0.39, 0.29) is 24.9 Å². The molecule has 5 heteroatoms. The number of carbonyl (C=O) groups is 2. The Morgan fingerprint density at radius 2 is 1.86 bits per heavy atom. The molecule has 0 bridgehead atoms. The summed E-state index contributed by atoms with van der Waals surface area (Å²) in [5, 5.41) is 12.0. The lowest BCUT2D eigenvalue weighted by atomic mass is 9.67. The summed E-state index contributed by atoms with van der Waals surface area (Å²) in [5.74, 6) is 0.610. The van der Waals surface area contributed by atoms with Gasteiger partial charge in [0.15, 0.2) is 0 Å². The number of carboxylic acid groups (broad SMARTS) is 1. The lowest BCUT2D eigenvalue weighted by molar-refractivity contribution is -0.140. The molecule has 4 unspecified atom stereocenters. The van der Waals surface area contributed by atoms with Gasteiger partial charge in [-0.25, -0.2) is 0 Å². The van der Waals surface area contributed by atoms with Crippen LogP contribution < -0.4 is 5.32 Å². The van der Waals surface area contributed by atoms with Gasteiger partial charge in [-0.2, -0.15) is 0 Å². The topological polar surface area (TPSA) is 75.6 Å². The molecule has 5 nitrogen and oxygen atoms in total. The molecule has 0 aliphatic heterocycles. The van der Waals surface area contributed by atoms with Crippen LogP contribution in [0.25, 0.3) is 0 Å². The Balaban J connectivity index is 1.93. The first-order valence-electron chi connectivity index (χ1n) is 8.46. The average Bonchev–Trinajstić information content (AvgIpc) is 2.45. The molecule has 0 spiro atoms. The minimum Gasteiger partial charge on any atom is -0.481 e. The monoisotopic (exact) mass is 311 g/mol. The van der Waals surface area contributed by atoms with Crippen LogP contribution in [0.3, 0.4) is 0 Å². The van der Waals surface area contributed by atoms with E-state index in [4.69, 9.17) is 9.84 Å². The predicted octanol–water partition coefficient (Wildman–Crippen LogP) is 2.59. The van der Waals surface area contributed by atoms with Crippen LogP contribution in [0, 0.1) is 17.8 Å². The van der Waals surface area contributed by atoms with Gasteiger partial charge in [0.2, 0.25) is 5.91 Å². The van der Waals surface area contributed by atoms with Crippen molar-refractivity contribution in [1.82, 2.24) is 5.32 Å². The summed E-state index contributed by atoms with van der Waals surface area (Å²) in [7, 11) is 1.53. The van der Waals surface area contributed by atoms with Gasteiger partial charge < -0.3 is 15.2 Å². The van der Waals surface area contributed by atoms with Crippen LogP contribution in [0.1, 0.15) is 58.3 Å². The molecule has 2 aliphatic carbocycles. The Morgan fingerprint density at radius 1 is 1.18 bits per heavy atom. The third-order valence-electron chi connectivity index (χ3n) is 5.34. The van der Waals surface area contributed by atoms with E-state index in [0.717, 1.165) is 25.2 Å². The first-order chi connectivity index (χ1) is 10.4. The minimum atomic E-state index is -0.921. The number of nitrogens with one attached hydrogen (secondary N) is 1. The van der Waals surface area contributed by atoms with E-state index in [1.54, 1.807) is 6.92 Å². The van der Waals surface area contributed by atoms with E-state index in [0.29, 0.717) is 5.92 Å². The molecule has 0 aromatic carbocycles. The molecular weight excluding hydrogens is 282 g/mol. The smallest absolute Gasteiger partial charge is 0.305 e. The molecule has 2 N–H and O–H groups in total. The Hall–Kier alpha value is -1.10. The fraction of sp³-hybridized carbons (Fsp3) is 0.882. The van der Waals surface area contributed by atoms with Crippen molar-refractivity contribution in [2.45, 2.75) is 63.8 Å². The Labute approximate surface area is 132 Å². The summed E-state index contributed by atoms with van der Waals surface area (Å²) >= 11 is 0. The van der Waals surface area contributed by atoms with Crippen LogP contribution in [-0.4, -0.2) is 36.2 Å². The zero-order valence-corrected chi connectivity index (χ0v) is 13.8. The molecule has 126 valence electrons. The summed E-state index contributed by atoms with van der Waals surface area (Å²) in [6.45, 7) is 1.96. The van der Waals surface area contributed by atoms with Gasteiger partial charge in [0.05, 0.1) is 18.6 Å². The van der Waals surface area contributed by atoms with E-state index in [1.807, 2.05) is 0 Å². The van der Waals surface area contributed by atoms with E-state index in [1.165, 1.54) is 32.8 Å². The summed E-state index contributed by atoms with van der Waals surface area (Å²) in [4.78, 5) is 23.6. The summed E-state index contributed by atoms with van der Waals surface area (Å²) < 4.78 is 5.10. The van der Waals surface area contributed by atoms with Crippen molar-refractivity contribution in [3.63, 3.8) is 0 Å². The van der Waals surface area contributed by atoms with Crippen LogP contribution in [0.2, 0.25) is 0 Å². The number of carboxylic acids is 1. The molecule has 0 saturated heterocycles. The van der Waals surface area contributed by atoms with Crippen LogP contribution in [0.5, 0.6) is 0 Å². The van der Waals surface area contributed by atoms with Gasteiger partial charge in [0.25, 0.3) is 0 Å². The van der Waals surface area contributed by atoms with E-state index >= 15 is 0 Å². The summed E-state index contributed by atoms with van der Waals surface area (Å²) in [6, 6.07) is 0. The van der Waals surface area contributed by atoms with Crippen molar-refractivity contribution in [1.29, 1.82) is 0 Å². The molecule has 1 amide bonds. The number of hydrogen-bond acceptors (Lipinski definition) is 3. The van der Waals surface area contributed by atoms with E-state index in [9.17, 15) is 9.59 Å². The fourth-order valence-corrected chi connectivity index (χ4v) is 4.29. The van der Waals surface area contributed by atoms with Gasteiger partial charge in [-0.15, -0.1) is 0 Å². The van der Waals surface area contributed by atoms with Crippen molar-refractivity contribution < 1.29 is 19.4 Å². The van der Waals surface area contributed by atoms with Crippen LogP contribution in [0.4, 0.5) is 0 Å². The van der Waals surface area contributed by atoms with Crippen LogP contribution >= 0.6 is 0 Å². The van der Waals surface area contributed by atoms with Gasteiger partial charge in [-0.05, 0) is 38.0 Å². The van der Waals surface area contributed by atoms with Crippen LogP contribution in [-0.2, 0) is 14.3 Å². The van der Waals surface area contributed by atoms with Gasteiger partial charge in [-0.3, -0.25) is 9.59 Å². The minimum absolute atomic E-state index is 0.00447. The van der Waals surface area contributed by atoms with Crippen molar-refractivity contribution >= 4 is 11.9 Å². The fourth-order valence-electron chi connectivity index (χ4n) is 4.29. The second-order valence-corrected chi connectivity index (χ2v) is 7.37. The highest BCUT2D eigenvalue weighted by Gasteiger charge is 2.37. The Kier molecular flexibility index (Phi) is 5.84. The highest BCUT2D eigenvalue weighted by molar-refractivity contribution is 5.80. The third-order valence-corrected chi connectivity index (χ3v) is 5.34. The second-order valence-electron chi connectivity index (χ2n) is 7.37. The number of carbonyl (C=O) groups excluding carboxylic acids is 1. The quantitative estimate of drug-likeness (QED) is 0.790. The SMILES string of the molecule is COCC(C)(CC(=O)O)NC(=O)C1CCC2CCCCC2C1. The molecule has 22 heavy (non-hydrogen) atoms. The van der Waals surface area contributed by atoms with Gasteiger partial charge in [0.1, 0.15) is 0 Å². The van der Waals surface area contributed by atoms with Gasteiger partial charge >= 0.3 is 5.97 Å². The number of ether oxygens (including phenoxy) is 1. The molecule has 2 saturated carbocycles. The first-order valence-corrected chi connectivity index (χ1v) is 8.46. The molecule has 2 fully saturated rings. The molecule has 0 aromatic rings. The zero-order chi connectivity index (χ0) is 16.2. The first kappa shape index (κ1) is 17.3. The van der Waals surface area contributed by atoms with Crippen molar-refractivity contribution in [3.05, 3.63) is 0 Å². The molecule has 0 radical (unpaired) electrons. The van der Waals surface area contributed by atoms with Gasteiger partial charge in [-0.1, -0.05) is 25.7 Å². The lowest BCUT2D eigenvalue weighted by Crippen LogP contribution is -2.53. The van der Waals surface area contributed by atoms with E-state index in [2.05, 4.69) is 5.32 Å². The van der Waals surface area contributed by atoms with Crippen molar-refractivity contribution in [3.8, 4) is 0 Å². The van der Waals surface area contributed by atoms with Crippen LogP contribution in [0.15, 0.2) is 0 Å². The van der Waals surface area contributed by atoms with Gasteiger partial charge in [0, 0.05) is 13.0 Å². The predicted molar refractivity (Wildman–Crippen MR) is 83.5 cm³/mol. The Bertz CT molecular complexity index is 411. The van der Waals surface area contributed by atoms with Crippen molar-refractivity contribution in [2.24, 2.45) is 17.8 Å². The number of aliphatic carboxylic acids is 1. The number of fused-ring (bicyclic) bond motifs is 1. The Morgan fingerprint density at radius 3 is 2.50 bits per heavy atom. The number of amides is 1. The highest BCUT2D eigenvalue weighted by atomic mass is 16.5. The zero-order valence-electron chi connectivity index (χ0n) is 13.8. The lowest BCUT2D eigenvalue weighted by Gasteiger charge is -2.40. The normalized spacial score (nSPS) is 30.9. The second kappa shape index (κ2) is 7.44. The number of rotatable bonds is 6. The molecular formula is C17H29NO4. The summed E-state index contributed by atoms with van der Waals surface area (Å²) in [5.41, 5.74) is -0.832. The average molecular weight is 311 g/mol. The van der Waals surface area contributed by atoms with E-state index < -0.39 is 11.5 Å². The van der Waals surface area contributed by atoms with Crippen molar-refractivity contribution in [2.75, 3.05) is 13.7 Å². The third kappa shape index (κ3) is 4.45. The highest BCUT2D eigenvalue weighted by Crippen LogP contribution is 2.42. The maximum absolute atomic E-state index is 12.6. The number of methoxy groups -OCH3 is 1. The number of hydrogen-bond donors (Lipinski definition) is 2. The standard InChI is InChI=1S/C17H29NO4/c1-17(11-22-2,10-15(19)20)18-16(21)14-8-7-12-5-3-4-6-13(12)9-14/h12-14H,3-11H2,1-2H3,(H,18,21)(H,19,20). The molecule has 2 rings (SSSR count). The molecule has 2 aliphatic rings. The molecule has 4 atom stereocenters. The maximum atomic E-state index is 12.6. The summed E-state index contributed by atoms with van der Waals surface area (Å²) in [6.07, 6.45) is 8.11. The molecule has 0 heterocycles.